The molecule has 5 nitrogen and oxygen atoms in total. The topological polar surface area (TPSA) is 58.4 Å². The molecule has 1 aliphatic rings. The van der Waals surface area contributed by atoms with Gasteiger partial charge in [0.15, 0.2) is 0 Å². The highest BCUT2D eigenvalue weighted by Gasteiger charge is 2.17. The molecule has 1 saturated heterocycles. The van der Waals surface area contributed by atoms with Crippen LogP contribution in [0.3, 0.4) is 0 Å². The molecule has 0 aromatic carbocycles. The van der Waals surface area contributed by atoms with Gasteiger partial charge in [-0.1, -0.05) is 0 Å². The lowest BCUT2D eigenvalue weighted by molar-refractivity contribution is 0.156. The number of pyridine rings is 1. The second-order valence-electron chi connectivity index (χ2n) is 4.88. The third kappa shape index (κ3) is 3.58. The fraction of sp³-hybridized carbons (Fsp3) is 0.571. The highest BCUT2D eigenvalue weighted by atomic mass is 16.5. The molecule has 0 unspecified atom stereocenters. The third-order valence-electron chi connectivity index (χ3n) is 3.45. The van der Waals surface area contributed by atoms with E-state index >= 15 is 0 Å². The predicted octanol–water partition coefficient (Wildman–Crippen LogP) is 1.68. The van der Waals surface area contributed by atoms with Crippen molar-refractivity contribution in [1.29, 1.82) is 5.26 Å². The van der Waals surface area contributed by atoms with Crippen LogP contribution in [0.1, 0.15) is 18.4 Å². The quantitative estimate of drug-likeness (QED) is 0.825. The van der Waals surface area contributed by atoms with Crippen LogP contribution >= 0.6 is 0 Å². The first-order valence-electron chi connectivity index (χ1n) is 6.49. The summed E-state index contributed by atoms with van der Waals surface area (Å²) < 4.78 is 10.8. The zero-order valence-corrected chi connectivity index (χ0v) is 11.4. The largest absolute Gasteiger partial charge is 0.480 e. The molecule has 1 fully saturated rings. The number of hydrogen-bond acceptors (Lipinski definition) is 5. The predicted molar refractivity (Wildman–Crippen MR) is 71.2 cm³/mol. The molecular formula is C14H19N3O2. The van der Waals surface area contributed by atoms with Crippen LogP contribution in [0.25, 0.3) is 0 Å². The minimum atomic E-state index is 0.323. The van der Waals surface area contributed by atoms with E-state index in [1.54, 1.807) is 12.1 Å². The number of hydrogen-bond donors (Lipinski definition) is 0. The molecule has 0 radical (unpaired) electrons. The van der Waals surface area contributed by atoms with Crippen molar-refractivity contribution in [3.05, 3.63) is 17.7 Å². The third-order valence-corrected chi connectivity index (χ3v) is 3.45. The van der Waals surface area contributed by atoms with Crippen LogP contribution in [0.5, 0.6) is 11.8 Å². The second kappa shape index (κ2) is 6.39. The van der Waals surface area contributed by atoms with Crippen molar-refractivity contribution in [2.75, 3.05) is 33.9 Å². The number of methoxy groups -OCH3 is 1. The summed E-state index contributed by atoms with van der Waals surface area (Å²) in [6.45, 7) is 2.92. The first-order valence-corrected chi connectivity index (χ1v) is 6.49. The molecule has 2 rings (SSSR count). The highest BCUT2D eigenvalue weighted by Crippen LogP contribution is 2.21. The van der Waals surface area contributed by atoms with Crippen LogP contribution in [0, 0.1) is 17.2 Å². The average molecular weight is 261 g/mol. The van der Waals surface area contributed by atoms with E-state index in [-0.39, 0.29) is 0 Å². The first-order chi connectivity index (χ1) is 9.22. The number of rotatable bonds is 4. The van der Waals surface area contributed by atoms with Gasteiger partial charge in [-0.15, -0.1) is 0 Å². The first kappa shape index (κ1) is 13.6. The molecule has 0 N–H and O–H groups in total. The Morgan fingerprint density at radius 3 is 2.79 bits per heavy atom. The van der Waals surface area contributed by atoms with Gasteiger partial charge < -0.3 is 14.4 Å². The Morgan fingerprint density at radius 1 is 1.42 bits per heavy atom. The molecule has 0 spiro atoms. The fourth-order valence-electron chi connectivity index (χ4n) is 2.18. The monoisotopic (exact) mass is 261 g/mol. The molecule has 5 heteroatoms. The summed E-state index contributed by atoms with van der Waals surface area (Å²) in [5.74, 6) is 1.43. The van der Waals surface area contributed by atoms with Gasteiger partial charge >= 0.3 is 0 Å². The molecule has 1 aromatic heterocycles. The number of ether oxygens (including phenoxy) is 2. The summed E-state index contributed by atoms with van der Waals surface area (Å²) in [4.78, 5) is 6.52. The van der Waals surface area contributed by atoms with Gasteiger partial charge in [0, 0.05) is 6.07 Å². The summed E-state index contributed by atoms with van der Waals surface area (Å²) >= 11 is 0. The molecule has 19 heavy (non-hydrogen) atoms. The number of nitriles is 1. The van der Waals surface area contributed by atoms with E-state index in [0.29, 0.717) is 29.8 Å². The van der Waals surface area contributed by atoms with Crippen molar-refractivity contribution in [3.8, 4) is 17.8 Å². The Labute approximate surface area is 113 Å². The Balaban J connectivity index is 1.91. The van der Waals surface area contributed by atoms with E-state index in [4.69, 9.17) is 14.7 Å². The van der Waals surface area contributed by atoms with Crippen LogP contribution < -0.4 is 9.47 Å². The standard InChI is InChI=1S/C14H19N3O2/c1-17-7-5-11(6-8-17)10-19-13-4-3-12(9-15)14(16-13)18-2/h3-4,11H,5-8,10H2,1-2H3. The average Bonchev–Trinajstić information content (AvgIpc) is 2.46. The van der Waals surface area contributed by atoms with Gasteiger partial charge in [0.05, 0.1) is 13.7 Å². The van der Waals surface area contributed by atoms with Crippen LogP contribution in [-0.4, -0.2) is 43.7 Å². The smallest absolute Gasteiger partial charge is 0.234 e. The number of likely N-dealkylation sites (tertiary alicyclic amines) is 1. The highest BCUT2D eigenvalue weighted by molar-refractivity contribution is 5.40. The molecular weight excluding hydrogens is 242 g/mol. The van der Waals surface area contributed by atoms with Gasteiger partial charge in [-0.3, -0.25) is 0 Å². The molecule has 0 bridgehead atoms. The van der Waals surface area contributed by atoms with Crippen LogP contribution in [0.15, 0.2) is 12.1 Å². The fourth-order valence-corrected chi connectivity index (χ4v) is 2.18. The maximum atomic E-state index is 8.88. The lowest BCUT2D eigenvalue weighted by atomic mass is 9.98. The van der Waals surface area contributed by atoms with E-state index < -0.39 is 0 Å². The number of piperidine rings is 1. The van der Waals surface area contributed by atoms with Crippen molar-refractivity contribution in [2.24, 2.45) is 5.92 Å². The van der Waals surface area contributed by atoms with Gasteiger partial charge in [-0.2, -0.15) is 10.2 Å². The molecule has 1 aromatic rings. The van der Waals surface area contributed by atoms with Gasteiger partial charge in [0.1, 0.15) is 11.6 Å². The van der Waals surface area contributed by atoms with E-state index in [9.17, 15) is 0 Å². The van der Waals surface area contributed by atoms with E-state index in [1.807, 2.05) is 6.07 Å². The lowest BCUT2D eigenvalue weighted by Crippen LogP contribution is -2.32. The zero-order chi connectivity index (χ0) is 13.7. The van der Waals surface area contributed by atoms with E-state index in [2.05, 4.69) is 16.9 Å². The van der Waals surface area contributed by atoms with Crippen molar-refractivity contribution in [1.82, 2.24) is 9.88 Å². The summed E-state index contributed by atoms with van der Waals surface area (Å²) in [5.41, 5.74) is 0.425. The molecule has 0 aliphatic carbocycles. The summed E-state index contributed by atoms with van der Waals surface area (Å²) in [6, 6.07) is 5.43. The molecule has 0 saturated carbocycles. The minimum absolute atomic E-state index is 0.323. The Kier molecular flexibility index (Phi) is 4.58. The minimum Gasteiger partial charge on any atom is -0.480 e. The van der Waals surface area contributed by atoms with Crippen molar-refractivity contribution >= 4 is 0 Å². The molecule has 1 aliphatic heterocycles. The molecule has 0 atom stereocenters. The van der Waals surface area contributed by atoms with Crippen molar-refractivity contribution < 1.29 is 9.47 Å². The van der Waals surface area contributed by atoms with Gasteiger partial charge in [0.25, 0.3) is 0 Å². The van der Waals surface area contributed by atoms with Crippen LogP contribution in [0.2, 0.25) is 0 Å². The van der Waals surface area contributed by atoms with Crippen LogP contribution in [0.4, 0.5) is 0 Å². The molecule has 102 valence electrons. The molecule has 0 amide bonds. The van der Waals surface area contributed by atoms with Crippen molar-refractivity contribution in [2.45, 2.75) is 12.8 Å². The zero-order valence-electron chi connectivity index (χ0n) is 11.4. The summed E-state index contributed by atoms with van der Waals surface area (Å²) in [6.07, 6.45) is 2.31. The summed E-state index contributed by atoms with van der Waals surface area (Å²) in [7, 11) is 3.65. The van der Waals surface area contributed by atoms with Crippen molar-refractivity contribution in [3.63, 3.8) is 0 Å². The van der Waals surface area contributed by atoms with Gasteiger partial charge in [-0.05, 0) is 45.0 Å². The second-order valence-corrected chi connectivity index (χ2v) is 4.88. The maximum Gasteiger partial charge on any atom is 0.234 e. The Morgan fingerprint density at radius 2 is 2.16 bits per heavy atom. The number of aromatic nitrogens is 1. The van der Waals surface area contributed by atoms with Gasteiger partial charge in [-0.25, -0.2) is 0 Å². The molecule has 2 heterocycles. The SMILES string of the molecule is COc1nc(OCC2CCN(C)CC2)ccc1C#N. The number of nitrogens with zero attached hydrogens (tertiary/aromatic N) is 3. The summed E-state index contributed by atoms with van der Waals surface area (Å²) in [5, 5.41) is 8.88. The Bertz CT molecular complexity index is 462. The van der Waals surface area contributed by atoms with E-state index in [0.717, 1.165) is 25.9 Å². The van der Waals surface area contributed by atoms with Gasteiger partial charge in [0.2, 0.25) is 11.8 Å². The lowest BCUT2D eigenvalue weighted by Gasteiger charge is -2.28. The Hall–Kier alpha value is -1.80. The van der Waals surface area contributed by atoms with Crippen LogP contribution in [-0.2, 0) is 0 Å². The normalized spacial score (nSPS) is 16.9. The maximum absolute atomic E-state index is 8.88. The van der Waals surface area contributed by atoms with E-state index in [1.165, 1.54) is 7.11 Å².